The molecule has 4 aromatic rings. The Morgan fingerprint density at radius 1 is 1.00 bits per heavy atom. The maximum atomic E-state index is 13.0. The molecule has 2 aromatic heterocycles. The van der Waals surface area contributed by atoms with Gasteiger partial charge in [0, 0.05) is 18.0 Å². The lowest BCUT2D eigenvalue weighted by molar-refractivity contribution is 0.392. The highest BCUT2D eigenvalue weighted by Crippen LogP contribution is 2.29. The van der Waals surface area contributed by atoms with E-state index in [1.54, 1.807) is 54.7 Å². The van der Waals surface area contributed by atoms with Gasteiger partial charge in [-0.3, -0.25) is 9.12 Å². The molecule has 4 rings (SSSR count). The molecular weight excluding hydrogens is 420 g/mol. The van der Waals surface area contributed by atoms with E-state index in [9.17, 15) is 13.2 Å². The monoisotopic (exact) mass is 440 g/mol. The van der Waals surface area contributed by atoms with E-state index in [4.69, 9.17) is 9.47 Å². The van der Waals surface area contributed by atoms with Crippen LogP contribution < -0.4 is 19.9 Å². The van der Waals surface area contributed by atoms with Crippen LogP contribution in [0.5, 0.6) is 11.5 Å². The summed E-state index contributed by atoms with van der Waals surface area (Å²) in [5.74, 6) is 0.585. The van der Waals surface area contributed by atoms with Crippen molar-refractivity contribution >= 4 is 21.4 Å². The van der Waals surface area contributed by atoms with Crippen LogP contribution in [-0.2, 0) is 16.6 Å². The number of fused-ring (bicyclic) bond motifs is 1. The van der Waals surface area contributed by atoms with Crippen LogP contribution in [0.3, 0.4) is 0 Å². The zero-order valence-electron chi connectivity index (χ0n) is 16.8. The summed E-state index contributed by atoms with van der Waals surface area (Å²) in [6.07, 6.45) is 1.65. The largest absolute Gasteiger partial charge is 0.497 e. The molecular formula is C21H20N4O5S. The van der Waals surface area contributed by atoms with Gasteiger partial charge in [0.05, 0.1) is 20.8 Å². The van der Waals surface area contributed by atoms with Gasteiger partial charge in [0.1, 0.15) is 16.4 Å². The van der Waals surface area contributed by atoms with E-state index < -0.39 is 10.0 Å². The van der Waals surface area contributed by atoms with Crippen molar-refractivity contribution in [2.24, 2.45) is 0 Å². The van der Waals surface area contributed by atoms with E-state index in [-0.39, 0.29) is 22.9 Å². The molecule has 0 saturated heterocycles. The van der Waals surface area contributed by atoms with Crippen LogP contribution in [0.25, 0.3) is 5.65 Å². The predicted octanol–water partition coefficient (Wildman–Crippen LogP) is 2.36. The minimum Gasteiger partial charge on any atom is -0.497 e. The van der Waals surface area contributed by atoms with Crippen LogP contribution in [0.1, 0.15) is 5.56 Å². The van der Waals surface area contributed by atoms with Gasteiger partial charge in [-0.25, -0.2) is 17.9 Å². The SMILES string of the molecule is COc1ccc(OC)c(S(=O)(=O)Nc2cccc(Cn3nc4ccccn4c3=O)c2)c1. The number of methoxy groups -OCH3 is 2. The van der Waals surface area contributed by atoms with E-state index in [0.717, 1.165) is 0 Å². The first-order valence-electron chi connectivity index (χ1n) is 9.29. The number of sulfonamides is 1. The summed E-state index contributed by atoms with van der Waals surface area (Å²) in [7, 11) is -1.10. The normalized spacial score (nSPS) is 11.4. The van der Waals surface area contributed by atoms with Gasteiger partial charge < -0.3 is 9.47 Å². The van der Waals surface area contributed by atoms with Crippen LogP contribution in [0.15, 0.2) is 76.6 Å². The molecule has 160 valence electrons. The molecule has 1 N–H and O–H groups in total. The van der Waals surface area contributed by atoms with Gasteiger partial charge in [0.2, 0.25) is 0 Å². The summed E-state index contributed by atoms with van der Waals surface area (Å²) in [4.78, 5) is 12.4. The maximum Gasteiger partial charge on any atom is 0.350 e. The molecule has 2 heterocycles. The van der Waals surface area contributed by atoms with Crippen LogP contribution in [0.4, 0.5) is 5.69 Å². The standard InChI is InChI=1S/C21H20N4O5S/c1-29-17-9-10-18(30-2)19(13-17)31(27,28)23-16-7-5-6-15(12-16)14-25-21(26)24-11-4-3-8-20(24)22-25/h3-13,23H,14H2,1-2H3. The lowest BCUT2D eigenvalue weighted by Crippen LogP contribution is -2.21. The van der Waals surface area contributed by atoms with Gasteiger partial charge in [-0.05, 0) is 42.0 Å². The van der Waals surface area contributed by atoms with E-state index in [0.29, 0.717) is 22.6 Å². The Morgan fingerprint density at radius 3 is 2.58 bits per heavy atom. The number of anilines is 1. The van der Waals surface area contributed by atoms with Gasteiger partial charge in [0.25, 0.3) is 10.0 Å². The second-order valence-corrected chi connectivity index (χ2v) is 8.34. The molecule has 0 aliphatic heterocycles. The van der Waals surface area contributed by atoms with Crippen LogP contribution in [0, 0.1) is 0 Å². The third-order valence-electron chi connectivity index (χ3n) is 4.66. The molecule has 10 heteroatoms. The van der Waals surface area contributed by atoms with E-state index in [2.05, 4.69) is 9.82 Å². The Kier molecular flexibility index (Phi) is 5.38. The Balaban J connectivity index is 1.63. The number of aromatic nitrogens is 3. The molecule has 9 nitrogen and oxygen atoms in total. The lowest BCUT2D eigenvalue weighted by Gasteiger charge is -2.13. The number of nitrogens with one attached hydrogen (secondary N) is 1. The Bertz CT molecular complexity index is 1410. The minimum absolute atomic E-state index is 0.0451. The molecule has 0 bridgehead atoms. The third-order valence-corrected chi connectivity index (χ3v) is 6.06. The van der Waals surface area contributed by atoms with E-state index >= 15 is 0 Å². The number of nitrogens with zero attached hydrogens (tertiary/aromatic N) is 3. The van der Waals surface area contributed by atoms with Gasteiger partial charge >= 0.3 is 5.69 Å². The minimum atomic E-state index is -3.95. The Morgan fingerprint density at radius 2 is 1.84 bits per heavy atom. The number of rotatable bonds is 7. The van der Waals surface area contributed by atoms with Gasteiger partial charge in [0.15, 0.2) is 5.65 Å². The topological polar surface area (TPSA) is 104 Å². The van der Waals surface area contributed by atoms with Crippen molar-refractivity contribution in [3.05, 3.63) is 82.9 Å². The van der Waals surface area contributed by atoms with Crippen molar-refractivity contribution in [3.8, 4) is 11.5 Å². The fourth-order valence-corrected chi connectivity index (χ4v) is 4.42. The molecule has 0 amide bonds. The molecule has 0 spiro atoms. The first-order chi connectivity index (χ1) is 14.9. The highest BCUT2D eigenvalue weighted by atomic mass is 32.2. The Labute approximate surface area is 178 Å². The Hall–Kier alpha value is -3.79. The lowest BCUT2D eigenvalue weighted by atomic mass is 10.2. The molecule has 0 saturated carbocycles. The second-order valence-electron chi connectivity index (χ2n) is 6.69. The molecule has 2 aromatic carbocycles. The van der Waals surface area contributed by atoms with Gasteiger partial charge in [-0.15, -0.1) is 5.10 Å². The van der Waals surface area contributed by atoms with Crippen LogP contribution >= 0.6 is 0 Å². The number of pyridine rings is 1. The molecule has 0 atom stereocenters. The maximum absolute atomic E-state index is 13.0. The molecule has 0 aliphatic rings. The number of benzene rings is 2. The molecule has 0 radical (unpaired) electrons. The summed E-state index contributed by atoms with van der Waals surface area (Å²) in [5, 5.41) is 4.30. The number of ether oxygens (including phenoxy) is 2. The van der Waals surface area contributed by atoms with Gasteiger partial charge in [-0.2, -0.15) is 0 Å². The fourth-order valence-electron chi connectivity index (χ4n) is 3.18. The first-order valence-corrected chi connectivity index (χ1v) is 10.8. The average Bonchev–Trinajstić information content (AvgIpc) is 3.08. The van der Waals surface area contributed by atoms with Crippen molar-refractivity contribution < 1.29 is 17.9 Å². The summed E-state index contributed by atoms with van der Waals surface area (Å²) in [6, 6.07) is 16.6. The summed E-state index contributed by atoms with van der Waals surface area (Å²) in [5.41, 5.74) is 1.32. The number of hydrogen-bond acceptors (Lipinski definition) is 6. The van der Waals surface area contributed by atoms with Crippen molar-refractivity contribution in [1.82, 2.24) is 14.2 Å². The zero-order valence-corrected chi connectivity index (χ0v) is 17.7. The first kappa shape index (κ1) is 20.5. The van der Waals surface area contributed by atoms with Crippen molar-refractivity contribution in [2.45, 2.75) is 11.4 Å². The average molecular weight is 440 g/mol. The smallest absolute Gasteiger partial charge is 0.350 e. The molecule has 0 aliphatic carbocycles. The zero-order chi connectivity index (χ0) is 22.0. The van der Waals surface area contributed by atoms with Crippen LogP contribution in [0.2, 0.25) is 0 Å². The third kappa shape index (κ3) is 4.10. The van der Waals surface area contributed by atoms with Crippen molar-refractivity contribution in [1.29, 1.82) is 0 Å². The highest BCUT2D eigenvalue weighted by Gasteiger charge is 2.21. The second kappa shape index (κ2) is 8.15. The van der Waals surface area contributed by atoms with Crippen molar-refractivity contribution in [2.75, 3.05) is 18.9 Å². The summed E-state index contributed by atoms with van der Waals surface area (Å²) < 4.78 is 41.6. The van der Waals surface area contributed by atoms with E-state index in [1.165, 1.54) is 35.4 Å². The highest BCUT2D eigenvalue weighted by molar-refractivity contribution is 7.92. The summed E-state index contributed by atoms with van der Waals surface area (Å²) in [6.45, 7) is 0.193. The molecule has 0 unspecified atom stereocenters. The fraction of sp³-hybridized carbons (Fsp3) is 0.143. The van der Waals surface area contributed by atoms with E-state index in [1.807, 2.05) is 0 Å². The summed E-state index contributed by atoms with van der Waals surface area (Å²) >= 11 is 0. The quantitative estimate of drug-likeness (QED) is 0.473. The van der Waals surface area contributed by atoms with Crippen LogP contribution in [-0.4, -0.2) is 36.8 Å². The predicted molar refractivity (Wildman–Crippen MR) is 115 cm³/mol. The van der Waals surface area contributed by atoms with Gasteiger partial charge in [-0.1, -0.05) is 18.2 Å². The van der Waals surface area contributed by atoms with Crippen molar-refractivity contribution in [3.63, 3.8) is 0 Å². The molecule has 31 heavy (non-hydrogen) atoms. The molecule has 0 fully saturated rings. The number of hydrogen-bond donors (Lipinski definition) is 1.